The van der Waals surface area contributed by atoms with Gasteiger partial charge in [-0.15, -0.1) is 0 Å². The van der Waals surface area contributed by atoms with Crippen molar-refractivity contribution in [1.82, 2.24) is 5.32 Å². The summed E-state index contributed by atoms with van der Waals surface area (Å²) in [5.41, 5.74) is 0. The van der Waals surface area contributed by atoms with Crippen LogP contribution in [0.2, 0.25) is 0 Å². The maximum atomic E-state index is 11.6. The molecule has 0 aliphatic carbocycles. The van der Waals surface area contributed by atoms with Gasteiger partial charge in [-0.25, -0.2) is 4.79 Å². The van der Waals surface area contributed by atoms with Crippen molar-refractivity contribution < 1.29 is 27.5 Å². The maximum Gasteiger partial charge on any atom is 0.396 e. The van der Waals surface area contributed by atoms with Crippen LogP contribution in [-0.2, 0) is 14.3 Å². The van der Waals surface area contributed by atoms with Crippen LogP contribution in [0.15, 0.2) is 0 Å². The van der Waals surface area contributed by atoms with E-state index in [1.54, 1.807) is 0 Å². The van der Waals surface area contributed by atoms with Crippen molar-refractivity contribution in [2.45, 2.75) is 19.0 Å². The number of halogens is 3. The molecular weight excluding hydrogens is 203 g/mol. The molecule has 0 rings (SSSR count). The van der Waals surface area contributed by atoms with Crippen LogP contribution in [0, 0.1) is 0 Å². The molecule has 0 atom stereocenters. The largest absolute Gasteiger partial charge is 0.462 e. The highest BCUT2D eigenvalue weighted by molar-refractivity contribution is 6.32. The number of carbonyl (C=O) groups excluding carboxylic acids is 2. The van der Waals surface area contributed by atoms with Gasteiger partial charge in [-0.05, 0) is 6.42 Å². The van der Waals surface area contributed by atoms with Gasteiger partial charge < -0.3 is 10.1 Å². The number of hydrogen-bond donors (Lipinski definition) is 1. The van der Waals surface area contributed by atoms with Crippen molar-refractivity contribution in [2.75, 3.05) is 13.7 Å². The number of ether oxygens (including phenoxy) is 1. The van der Waals surface area contributed by atoms with Gasteiger partial charge in [0.25, 0.3) is 0 Å². The van der Waals surface area contributed by atoms with Crippen LogP contribution in [-0.4, -0.2) is 31.7 Å². The summed E-state index contributed by atoms with van der Waals surface area (Å²) in [6.45, 7) is -0.201. The molecule has 0 fully saturated rings. The van der Waals surface area contributed by atoms with Crippen molar-refractivity contribution in [3.63, 3.8) is 0 Å². The van der Waals surface area contributed by atoms with E-state index in [1.165, 1.54) is 0 Å². The highest BCUT2D eigenvalue weighted by Crippen LogP contribution is 2.20. The molecule has 1 amide bonds. The molecule has 82 valence electrons. The van der Waals surface area contributed by atoms with Crippen molar-refractivity contribution in [3.05, 3.63) is 0 Å². The van der Waals surface area contributed by atoms with Crippen LogP contribution in [0.5, 0.6) is 0 Å². The first-order valence-corrected chi connectivity index (χ1v) is 3.79. The Morgan fingerprint density at radius 2 is 1.93 bits per heavy atom. The third kappa shape index (κ3) is 6.27. The topological polar surface area (TPSA) is 55.4 Å². The molecule has 0 aromatic carbocycles. The third-order valence-corrected chi connectivity index (χ3v) is 1.29. The van der Waals surface area contributed by atoms with Crippen molar-refractivity contribution in [1.29, 1.82) is 0 Å². The summed E-state index contributed by atoms with van der Waals surface area (Å²) in [6.07, 6.45) is -5.49. The van der Waals surface area contributed by atoms with E-state index in [0.717, 1.165) is 7.11 Å². The number of carbonyl (C=O) groups is 2. The summed E-state index contributed by atoms with van der Waals surface area (Å²) in [6, 6.07) is 0. The second-order valence-corrected chi connectivity index (χ2v) is 2.47. The Bertz CT molecular complexity index is 215. The first kappa shape index (κ1) is 12.7. The minimum Gasteiger partial charge on any atom is -0.462 e. The fraction of sp³-hybridized carbons (Fsp3) is 0.714. The van der Waals surface area contributed by atoms with Gasteiger partial charge in [0.15, 0.2) is 0 Å². The zero-order valence-corrected chi connectivity index (χ0v) is 7.48. The summed E-state index contributed by atoms with van der Waals surface area (Å²) < 4.78 is 38.8. The van der Waals surface area contributed by atoms with Crippen LogP contribution in [0.4, 0.5) is 13.2 Å². The van der Waals surface area contributed by atoms with E-state index >= 15 is 0 Å². The lowest BCUT2D eigenvalue weighted by Crippen LogP contribution is -2.32. The highest BCUT2D eigenvalue weighted by atomic mass is 19.4. The number of hydrogen-bond acceptors (Lipinski definition) is 3. The quantitative estimate of drug-likeness (QED) is 0.424. The Hall–Kier alpha value is -1.27. The molecule has 0 unspecified atom stereocenters. The number of amides is 1. The molecule has 0 bridgehead atoms. The summed E-state index contributed by atoms with van der Waals surface area (Å²) in [5.74, 6) is -2.15. The molecule has 4 nitrogen and oxygen atoms in total. The highest BCUT2D eigenvalue weighted by Gasteiger charge is 2.26. The molecule has 14 heavy (non-hydrogen) atoms. The van der Waals surface area contributed by atoms with Gasteiger partial charge in [0.05, 0.1) is 7.11 Å². The molecule has 1 N–H and O–H groups in total. The fourth-order valence-corrected chi connectivity index (χ4v) is 0.656. The zero-order valence-electron chi connectivity index (χ0n) is 7.48. The molecule has 0 aromatic rings. The average Bonchev–Trinajstić information content (AvgIpc) is 2.09. The lowest BCUT2D eigenvalue weighted by atomic mass is 10.3. The predicted molar refractivity (Wildman–Crippen MR) is 40.3 cm³/mol. The van der Waals surface area contributed by atoms with E-state index in [-0.39, 0.29) is 13.0 Å². The van der Waals surface area contributed by atoms with Crippen LogP contribution in [0.1, 0.15) is 12.8 Å². The first-order chi connectivity index (χ1) is 6.37. The summed E-state index contributed by atoms with van der Waals surface area (Å²) in [5, 5.41) is 1.99. The van der Waals surface area contributed by atoms with Crippen LogP contribution in [0.25, 0.3) is 0 Å². The minimum atomic E-state index is -4.24. The van der Waals surface area contributed by atoms with Crippen molar-refractivity contribution >= 4 is 11.9 Å². The second kappa shape index (κ2) is 5.46. The number of methoxy groups -OCH3 is 1. The van der Waals surface area contributed by atoms with E-state index < -0.39 is 24.5 Å². The molecule has 7 heteroatoms. The van der Waals surface area contributed by atoms with Crippen molar-refractivity contribution in [2.24, 2.45) is 0 Å². The van der Waals surface area contributed by atoms with Crippen LogP contribution >= 0.6 is 0 Å². The first-order valence-electron chi connectivity index (χ1n) is 3.79. The molecule has 0 saturated carbocycles. The lowest BCUT2D eigenvalue weighted by Gasteiger charge is -2.06. The van der Waals surface area contributed by atoms with Gasteiger partial charge in [0, 0.05) is 13.0 Å². The Kier molecular flexibility index (Phi) is 4.96. The Labute approximate surface area is 78.4 Å². The molecular formula is C7H10F3NO3. The van der Waals surface area contributed by atoms with Gasteiger partial charge in [0.2, 0.25) is 0 Å². The number of esters is 1. The number of rotatable bonds is 3. The maximum absolute atomic E-state index is 11.6. The Morgan fingerprint density at radius 3 is 2.36 bits per heavy atom. The van der Waals surface area contributed by atoms with Gasteiger partial charge in [0.1, 0.15) is 0 Å². The Morgan fingerprint density at radius 1 is 1.36 bits per heavy atom. The predicted octanol–water partition coefficient (Wildman–Crippen LogP) is 0.618. The summed E-state index contributed by atoms with van der Waals surface area (Å²) in [7, 11) is 1.01. The van der Waals surface area contributed by atoms with E-state index in [0.29, 0.717) is 0 Å². The van der Waals surface area contributed by atoms with E-state index in [4.69, 9.17) is 0 Å². The SMILES string of the molecule is COC(=O)C(=O)NCCCC(F)(F)F. The summed E-state index contributed by atoms with van der Waals surface area (Å²) in [4.78, 5) is 21.1. The zero-order chi connectivity index (χ0) is 11.2. The average molecular weight is 213 g/mol. The molecule has 0 aromatic heterocycles. The lowest BCUT2D eigenvalue weighted by molar-refractivity contribution is -0.152. The number of nitrogens with one attached hydrogen (secondary N) is 1. The normalized spacial score (nSPS) is 10.9. The molecule has 0 radical (unpaired) electrons. The van der Waals surface area contributed by atoms with Gasteiger partial charge in [-0.2, -0.15) is 13.2 Å². The van der Waals surface area contributed by atoms with Gasteiger partial charge >= 0.3 is 18.1 Å². The van der Waals surface area contributed by atoms with E-state index in [2.05, 4.69) is 4.74 Å². The molecule has 0 heterocycles. The summed E-state index contributed by atoms with van der Waals surface area (Å²) >= 11 is 0. The number of alkyl halides is 3. The smallest absolute Gasteiger partial charge is 0.396 e. The van der Waals surface area contributed by atoms with Crippen LogP contribution in [0.3, 0.4) is 0 Å². The standard InChI is InChI=1S/C7H10F3NO3/c1-14-6(13)5(12)11-4-2-3-7(8,9)10/h2-4H2,1H3,(H,11,12). The molecule has 0 aliphatic rings. The van der Waals surface area contributed by atoms with Crippen LogP contribution < -0.4 is 5.32 Å². The molecule has 0 saturated heterocycles. The minimum absolute atomic E-state index is 0.201. The molecule has 0 spiro atoms. The van der Waals surface area contributed by atoms with Gasteiger partial charge in [-0.1, -0.05) is 0 Å². The van der Waals surface area contributed by atoms with E-state index in [9.17, 15) is 22.8 Å². The fourth-order valence-electron chi connectivity index (χ4n) is 0.656. The second-order valence-electron chi connectivity index (χ2n) is 2.47. The van der Waals surface area contributed by atoms with Gasteiger partial charge in [-0.3, -0.25) is 4.79 Å². The third-order valence-electron chi connectivity index (χ3n) is 1.29. The molecule has 0 aliphatic heterocycles. The Balaban J connectivity index is 3.56. The van der Waals surface area contributed by atoms with E-state index in [1.807, 2.05) is 5.32 Å². The van der Waals surface area contributed by atoms with Crippen molar-refractivity contribution in [3.8, 4) is 0 Å². The monoisotopic (exact) mass is 213 g/mol.